The highest BCUT2D eigenvalue weighted by Gasteiger charge is 2.17. The third kappa shape index (κ3) is 4.18. The van der Waals surface area contributed by atoms with Gasteiger partial charge in [-0.3, -0.25) is 25.1 Å². The molecule has 0 atom stereocenters. The Labute approximate surface area is 191 Å². The van der Waals surface area contributed by atoms with E-state index in [1.54, 1.807) is 35.0 Å². The van der Waals surface area contributed by atoms with Gasteiger partial charge in [0, 0.05) is 10.8 Å². The lowest BCUT2D eigenvalue weighted by Crippen LogP contribution is -2.41. The van der Waals surface area contributed by atoms with Crippen LogP contribution in [0.15, 0.2) is 66.7 Å². The summed E-state index contributed by atoms with van der Waals surface area (Å²) in [6.45, 7) is 2.32. The number of hydrogen-bond acceptors (Lipinski definition) is 5. The molecule has 5 rings (SSSR count). The van der Waals surface area contributed by atoms with E-state index in [0.717, 1.165) is 26.9 Å². The maximum absolute atomic E-state index is 13.2. The maximum Gasteiger partial charge on any atom is 0.288 e. The zero-order chi connectivity index (χ0) is 22.9. The lowest BCUT2D eigenvalue weighted by molar-refractivity contribution is 0.0846. The van der Waals surface area contributed by atoms with Gasteiger partial charge in [-0.2, -0.15) is 5.10 Å². The van der Waals surface area contributed by atoms with Crippen LogP contribution < -0.4 is 10.9 Å². The zero-order valence-electron chi connectivity index (χ0n) is 17.5. The fourth-order valence-corrected chi connectivity index (χ4v) is 4.58. The summed E-state index contributed by atoms with van der Waals surface area (Å²) in [6, 6.07) is 18.9. The standard InChI is InChI=1S/C24H18FN5O2S/c1-14-18-12-21(33-24(18)30(29-14)13-15-6-9-17(25)10-7-15)23(32)28-27-22(31)20-11-8-16-4-2-3-5-19(16)26-20/h2-12H,13H2,1H3,(H,27,31)(H,28,32). The van der Waals surface area contributed by atoms with E-state index in [4.69, 9.17) is 0 Å². The quantitative estimate of drug-likeness (QED) is 0.394. The number of nitrogens with zero attached hydrogens (tertiary/aromatic N) is 3. The molecule has 3 aromatic heterocycles. The molecule has 2 aromatic carbocycles. The van der Waals surface area contributed by atoms with Crippen LogP contribution in [-0.2, 0) is 6.54 Å². The predicted octanol–water partition coefficient (Wildman–Crippen LogP) is 4.22. The molecular weight excluding hydrogens is 441 g/mol. The van der Waals surface area contributed by atoms with E-state index in [-0.39, 0.29) is 11.5 Å². The van der Waals surface area contributed by atoms with Crippen LogP contribution in [0.3, 0.4) is 0 Å². The minimum Gasteiger partial charge on any atom is -0.266 e. The zero-order valence-corrected chi connectivity index (χ0v) is 18.3. The molecule has 5 aromatic rings. The van der Waals surface area contributed by atoms with Gasteiger partial charge >= 0.3 is 0 Å². The summed E-state index contributed by atoms with van der Waals surface area (Å²) in [7, 11) is 0. The van der Waals surface area contributed by atoms with Crippen molar-refractivity contribution in [1.82, 2.24) is 25.6 Å². The van der Waals surface area contributed by atoms with Crippen LogP contribution in [-0.4, -0.2) is 26.6 Å². The van der Waals surface area contributed by atoms with E-state index < -0.39 is 11.8 Å². The van der Waals surface area contributed by atoms with Gasteiger partial charge in [0.05, 0.1) is 22.6 Å². The summed E-state index contributed by atoms with van der Waals surface area (Å²) < 4.78 is 15.0. The number of aryl methyl sites for hydroxylation is 1. The fraction of sp³-hybridized carbons (Fsp3) is 0.0833. The molecule has 7 nitrogen and oxygen atoms in total. The summed E-state index contributed by atoms with van der Waals surface area (Å²) in [5.74, 6) is -1.23. The van der Waals surface area contributed by atoms with Crippen LogP contribution >= 0.6 is 11.3 Å². The number of para-hydroxylation sites is 1. The minimum atomic E-state index is -0.506. The van der Waals surface area contributed by atoms with Gasteiger partial charge < -0.3 is 0 Å². The number of nitrogens with one attached hydrogen (secondary N) is 2. The molecule has 33 heavy (non-hydrogen) atoms. The number of thiophene rings is 1. The van der Waals surface area contributed by atoms with Gasteiger partial charge in [0.2, 0.25) is 0 Å². The molecule has 0 spiro atoms. The molecule has 0 aliphatic carbocycles. The molecule has 0 saturated heterocycles. The summed E-state index contributed by atoms with van der Waals surface area (Å²) in [5, 5.41) is 6.31. The number of carbonyl (C=O) groups is 2. The predicted molar refractivity (Wildman–Crippen MR) is 125 cm³/mol. The Morgan fingerprint density at radius 2 is 1.76 bits per heavy atom. The number of pyridine rings is 1. The third-order valence-electron chi connectivity index (χ3n) is 5.20. The van der Waals surface area contributed by atoms with Crippen molar-refractivity contribution in [2.75, 3.05) is 0 Å². The molecule has 2 N–H and O–H groups in total. The molecule has 3 heterocycles. The number of aromatic nitrogens is 3. The molecule has 0 fully saturated rings. The van der Waals surface area contributed by atoms with Gasteiger partial charge in [0.15, 0.2) is 0 Å². The topological polar surface area (TPSA) is 88.9 Å². The normalized spacial score (nSPS) is 11.1. The van der Waals surface area contributed by atoms with Crippen molar-refractivity contribution < 1.29 is 14.0 Å². The Morgan fingerprint density at radius 1 is 1.00 bits per heavy atom. The van der Waals surface area contributed by atoms with E-state index >= 15 is 0 Å². The van der Waals surface area contributed by atoms with E-state index in [9.17, 15) is 14.0 Å². The van der Waals surface area contributed by atoms with Crippen molar-refractivity contribution in [3.05, 3.63) is 94.4 Å². The molecule has 2 amide bonds. The van der Waals surface area contributed by atoms with Crippen molar-refractivity contribution >= 4 is 44.3 Å². The highest BCUT2D eigenvalue weighted by atomic mass is 32.1. The average molecular weight is 460 g/mol. The van der Waals surface area contributed by atoms with Crippen LogP contribution in [0.2, 0.25) is 0 Å². The third-order valence-corrected chi connectivity index (χ3v) is 6.34. The van der Waals surface area contributed by atoms with Gasteiger partial charge in [-0.25, -0.2) is 9.37 Å². The van der Waals surface area contributed by atoms with Crippen molar-refractivity contribution in [1.29, 1.82) is 0 Å². The van der Waals surface area contributed by atoms with Gasteiger partial charge in [-0.1, -0.05) is 36.4 Å². The van der Waals surface area contributed by atoms with Crippen molar-refractivity contribution in [3.63, 3.8) is 0 Å². The van der Waals surface area contributed by atoms with E-state index in [2.05, 4.69) is 20.9 Å². The lowest BCUT2D eigenvalue weighted by atomic mass is 10.2. The van der Waals surface area contributed by atoms with Crippen molar-refractivity contribution in [3.8, 4) is 0 Å². The van der Waals surface area contributed by atoms with Gasteiger partial charge in [0.25, 0.3) is 11.8 Å². The van der Waals surface area contributed by atoms with E-state index in [1.165, 1.54) is 23.5 Å². The average Bonchev–Trinajstić information content (AvgIpc) is 3.39. The summed E-state index contributed by atoms with van der Waals surface area (Å²) in [4.78, 5) is 30.7. The maximum atomic E-state index is 13.2. The molecule has 0 bridgehead atoms. The van der Waals surface area contributed by atoms with Gasteiger partial charge in [0.1, 0.15) is 16.3 Å². The number of carbonyl (C=O) groups excluding carboxylic acids is 2. The summed E-state index contributed by atoms with van der Waals surface area (Å²) in [5.41, 5.74) is 7.46. The molecule has 0 unspecified atom stereocenters. The molecule has 0 aliphatic heterocycles. The molecule has 0 radical (unpaired) electrons. The van der Waals surface area contributed by atoms with Crippen molar-refractivity contribution in [2.24, 2.45) is 0 Å². The Morgan fingerprint density at radius 3 is 2.58 bits per heavy atom. The first kappa shape index (κ1) is 20.8. The van der Waals surface area contributed by atoms with Crippen LogP contribution in [0.1, 0.15) is 31.4 Å². The first-order valence-corrected chi connectivity index (χ1v) is 11.0. The van der Waals surface area contributed by atoms with Gasteiger partial charge in [-0.05, 0) is 42.8 Å². The first-order valence-electron chi connectivity index (χ1n) is 10.2. The second-order valence-corrected chi connectivity index (χ2v) is 8.53. The second kappa shape index (κ2) is 8.44. The van der Waals surface area contributed by atoms with Crippen LogP contribution in [0, 0.1) is 12.7 Å². The summed E-state index contributed by atoms with van der Waals surface area (Å²) in [6.07, 6.45) is 0. The molecule has 0 saturated carbocycles. The molecule has 164 valence electrons. The first-order chi connectivity index (χ1) is 16.0. The number of rotatable bonds is 4. The van der Waals surface area contributed by atoms with Crippen LogP contribution in [0.25, 0.3) is 21.1 Å². The van der Waals surface area contributed by atoms with E-state index in [0.29, 0.717) is 16.9 Å². The summed E-state index contributed by atoms with van der Waals surface area (Å²) >= 11 is 1.27. The molecule has 0 aliphatic rings. The number of amides is 2. The Balaban J connectivity index is 1.30. The highest BCUT2D eigenvalue weighted by Crippen LogP contribution is 2.28. The SMILES string of the molecule is Cc1nn(Cc2ccc(F)cc2)c2sc(C(=O)NNC(=O)c3ccc4ccccc4n3)cc12. The number of fused-ring (bicyclic) bond motifs is 2. The van der Waals surface area contributed by atoms with Crippen LogP contribution in [0.4, 0.5) is 4.39 Å². The lowest BCUT2D eigenvalue weighted by Gasteiger charge is -2.06. The van der Waals surface area contributed by atoms with Crippen LogP contribution in [0.5, 0.6) is 0 Å². The molecule has 9 heteroatoms. The number of halogens is 1. The highest BCUT2D eigenvalue weighted by molar-refractivity contribution is 7.20. The van der Waals surface area contributed by atoms with E-state index in [1.807, 2.05) is 31.2 Å². The fourth-order valence-electron chi connectivity index (χ4n) is 3.53. The van der Waals surface area contributed by atoms with Gasteiger partial charge in [-0.15, -0.1) is 11.3 Å². The number of hydrazine groups is 1. The Bertz CT molecular complexity index is 1510. The largest absolute Gasteiger partial charge is 0.288 e. The number of hydrogen-bond donors (Lipinski definition) is 2. The Kier molecular flexibility index (Phi) is 5.31. The second-order valence-electron chi connectivity index (χ2n) is 7.50. The molecular formula is C24H18FN5O2S. The number of benzene rings is 2. The Hall–Kier alpha value is -4.11. The van der Waals surface area contributed by atoms with Crippen molar-refractivity contribution in [2.45, 2.75) is 13.5 Å². The smallest absolute Gasteiger partial charge is 0.266 e. The monoisotopic (exact) mass is 459 g/mol. The minimum absolute atomic E-state index is 0.205.